The molecule has 3 aromatic rings. The first-order valence-electron chi connectivity index (χ1n) is 7.86. The van der Waals surface area contributed by atoms with Crippen LogP contribution in [0.2, 0.25) is 5.02 Å². The van der Waals surface area contributed by atoms with E-state index in [1.54, 1.807) is 0 Å². The van der Waals surface area contributed by atoms with Gasteiger partial charge in [-0.05, 0) is 42.0 Å². The highest BCUT2D eigenvalue weighted by Crippen LogP contribution is 2.26. The van der Waals surface area contributed by atoms with Gasteiger partial charge in [0.15, 0.2) is 5.58 Å². The van der Waals surface area contributed by atoms with Crippen LogP contribution in [0.4, 0.5) is 0 Å². The van der Waals surface area contributed by atoms with E-state index in [-0.39, 0.29) is 0 Å². The normalized spacial score (nSPS) is 16.0. The second kappa shape index (κ2) is 6.32. The zero-order chi connectivity index (χ0) is 15.6. The van der Waals surface area contributed by atoms with Crippen LogP contribution in [-0.4, -0.2) is 36.1 Å². The third-order valence-corrected chi connectivity index (χ3v) is 4.41. The Balaban J connectivity index is 1.60. The molecule has 0 aliphatic carbocycles. The summed E-state index contributed by atoms with van der Waals surface area (Å²) >= 11 is 5.93. The van der Waals surface area contributed by atoms with Crippen molar-refractivity contribution in [1.29, 1.82) is 0 Å². The lowest BCUT2D eigenvalue weighted by Crippen LogP contribution is -2.42. The van der Waals surface area contributed by atoms with Crippen molar-refractivity contribution in [3.05, 3.63) is 53.1 Å². The second-order valence-corrected chi connectivity index (χ2v) is 6.29. The van der Waals surface area contributed by atoms with Crippen molar-refractivity contribution >= 4 is 22.7 Å². The standard InChI is InChI=1S/C18H18ClN3O/c19-15-4-2-14(3-5-15)18-21-16-11-13(1-6-17(16)23-18)12-22-9-7-20-8-10-22/h1-6,11,20H,7-10,12H2. The van der Waals surface area contributed by atoms with Crippen molar-refractivity contribution in [2.45, 2.75) is 6.54 Å². The molecular formula is C18H18ClN3O. The fraction of sp³-hybridized carbons (Fsp3) is 0.278. The van der Waals surface area contributed by atoms with E-state index in [4.69, 9.17) is 16.0 Å². The van der Waals surface area contributed by atoms with Crippen LogP contribution in [0.3, 0.4) is 0 Å². The van der Waals surface area contributed by atoms with Gasteiger partial charge in [-0.1, -0.05) is 17.7 Å². The third kappa shape index (κ3) is 3.24. The van der Waals surface area contributed by atoms with Gasteiger partial charge < -0.3 is 9.73 Å². The van der Waals surface area contributed by atoms with Crippen LogP contribution < -0.4 is 5.32 Å². The van der Waals surface area contributed by atoms with Gasteiger partial charge >= 0.3 is 0 Å². The molecule has 1 aliphatic heterocycles. The van der Waals surface area contributed by atoms with E-state index < -0.39 is 0 Å². The van der Waals surface area contributed by atoms with Crippen LogP contribution in [0.25, 0.3) is 22.6 Å². The van der Waals surface area contributed by atoms with E-state index in [2.05, 4.69) is 27.3 Å². The molecule has 4 rings (SSSR count). The molecule has 1 aliphatic rings. The van der Waals surface area contributed by atoms with Gasteiger partial charge in [-0.15, -0.1) is 0 Å². The summed E-state index contributed by atoms with van der Waals surface area (Å²) in [5.41, 5.74) is 3.94. The van der Waals surface area contributed by atoms with Gasteiger partial charge in [0.05, 0.1) is 0 Å². The van der Waals surface area contributed by atoms with E-state index in [1.165, 1.54) is 5.56 Å². The molecule has 0 bridgehead atoms. The maximum atomic E-state index is 5.93. The topological polar surface area (TPSA) is 41.3 Å². The lowest BCUT2D eigenvalue weighted by molar-refractivity contribution is 0.233. The summed E-state index contributed by atoms with van der Waals surface area (Å²) in [7, 11) is 0. The predicted molar refractivity (Wildman–Crippen MR) is 92.6 cm³/mol. The highest BCUT2D eigenvalue weighted by Gasteiger charge is 2.12. The molecule has 1 fully saturated rings. The number of halogens is 1. The Morgan fingerprint density at radius 3 is 2.65 bits per heavy atom. The number of nitrogens with one attached hydrogen (secondary N) is 1. The molecule has 2 heterocycles. The van der Waals surface area contributed by atoms with E-state index in [0.29, 0.717) is 10.9 Å². The van der Waals surface area contributed by atoms with E-state index in [0.717, 1.165) is 49.4 Å². The Morgan fingerprint density at radius 2 is 1.87 bits per heavy atom. The first-order valence-corrected chi connectivity index (χ1v) is 8.24. The number of fused-ring (bicyclic) bond motifs is 1. The Kier molecular flexibility index (Phi) is 4.04. The third-order valence-electron chi connectivity index (χ3n) is 4.16. The van der Waals surface area contributed by atoms with Crippen LogP contribution in [0.15, 0.2) is 46.9 Å². The lowest BCUT2D eigenvalue weighted by atomic mass is 10.2. The van der Waals surface area contributed by atoms with Gasteiger partial charge in [0.1, 0.15) is 5.52 Å². The van der Waals surface area contributed by atoms with Crippen LogP contribution in [0.5, 0.6) is 0 Å². The first-order chi connectivity index (χ1) is 11.3. The van der Waals surface area contributed by atoms with Gasteiger partial charge in [0.25, 0.3) is 0 Å². The number of piperazine rings is 1. The van der Waals surface area contributed by atoms with Gasteiger partial charge in [0, 0.05) is 43.3 Å². The quantitative estimate of drug-likeness (QED) is 0.798. The van der Waals surface area contributed by atoms with E-state index >= 15 is 0 Å². The van der Waals surface area contributed by atoms with Gasteiger partial charge in [0.2, 0.25) is 5.89 Å². The first kappa shape index (κ1) is 14.7. The van der Waals surface area contributed by atoms with Gasteiger partial charge in [-0.25, -0.2) is 4.98 Å². The smallest absolute Gasteiger partial charge is 0.227 e. The molecule has 4 nitrogen and oxygen atoms in total. The Hall–Kier alpha value is -1.88. The van der Waals surface area contributed by atoms with Crippen molar-refractivity contribution in [1.82, 2.24) is 15.2 Å². The summed E-state index contributed by atoms with van der Waals surface area (Å²) in [6, 6.07) is 13.8. The van der Waals surface area contributed by atoms with Gasteiger partial charge in [-0.3, -0.25) is 4.90 Å². The molecular weight excluding hydrogens is 310 g/mol. The number of benzene rings is 2. The van der Waals surface area contributed by atoms with Crippen molar-refractivity contribution in [3.8, 4) is 11.5 Å². The maximum Gasteiger partial charge on any atom is 0.227 e. The van der Waals surface area contributed by atoms with Gasteiger partial charge in [-0.2, -0.15) is 0 Å². The molecule has 1 N–H and O–H groups in total. The minimum atomic E-state index is 0.635. The fourth-order valence-electron chi connectivity index (χ4n) is 2.91. The molecule has 0 atom stereocenters. The number of aromatic nitrogens is 1. The zero-order valence-corrected chi connectivity index (χ0v) is 13.5. The number of rotatable bonds is 3. The number of oxazole rings is 1. The molecule has 0 spiro atoms. The minimum absolute atomic E-state index is 0.635. The average molecular weight is 328 g/mol. The summed E-state index contributed by atoms with van der Waals surface area (Å²) in [6.45, 7) is 5.26. The second-order valence-electron chi connectivity index (χ2n) is 5.85. The number of hydrogen-bond donors (Lipinski definition) is 1. The molecule has 0 amide bonds. The molecule has 1 aromatic heterocycles. The zero-order valence-electron chi connectivity index (χ0n) is 12.8. The van der Waals surface area contributed by atoms with E-state index in [9.17, 15) is 0 Å². The molecule has 23 heavy (non-hydrogen) atoms. The molecule has 0 unspecified atom stereocenters. The monoisotopic (exact) mass is 327 g/mol. The molecule has 2 aromatic carbocycles. The Morgan fingerprint density at radius 1 is 1.09 bits per heavy atom. The number of nitrogens with zero attached hydrogens (tertiary/aromatic N) is 2. The highest BCUT2D eigenvalue weighted by atomic mass is 35.5. The summed E-state index contributed by atoms with van der Waals surface area (Å²) in [6.07, 6.45) is 0. The minimum Gasteiger partial charge on any atom is -0.436 e. The Labute approximate surface area is 140 Å². The molecule has 1 saturated heterocycles. The SMILES string of the molecule is Clc1ccc(-c2nc3cc(CN4CCNCC4)ccc3o2)cc1. The van der Waals surface area contributed by atoms with Crippen LogP contribution in [-0.2, 0) is 6.54 Å². The Bertz CT molecular complexity index is 807. The van der Waals surface area contributed by atoms with Crippen molar-refractivity contribution in [2.75, 3.05) is 26.2 Å². The van der Waals surface area contributed by atoms with Crippen molar-refractivity contribution in [3.63, 3.8) is 0 Å². The largest absolute Gasteiger partial charge is 0.436 e. The summed E-state index contributed by atoms with van der Waals surface area (Å²) < 4.78 is 5.86. The fourth-order valence-corrected chi connectivity index (χ4v) is 3.04. The van der Waals surface area contributed by atoms with Crippen LogP contribution in [0, 0.1) is 0 Å². The molecule has 0 saturated carbocycles. The van der Waals surface area contributed by atoms with Crippen LogP contribution >= 0.6 is 11.6 Å². The van der Waals surface area contributed by atoms with Crippen molar-refractivity contribution in [2.24, 2.45) is 0 Å². The summed E-state index contributed by atoms with van der Waals surface area (Å²) in [5, 5.41) is 4.09. The summed E-state index contributed by atoms with van der Waals surface area (Å²) in [5.74, 6) is 0.635. The predicted octanol–water partition coefficient (Wildman–Crippen LogP) is 3.55. The summed E-state index contributed by atoms with van der Waals surface area (Å²) in [4.78, 5) is 7.08. The highest BCUT2D eigenvalue weighted by molar-refractivity contribution is 6.30. The molecule has 0 radical (unpaired) electrons. The maximum absolute atomic E-state index is 5.93. The van der Waals surface area contributed by atoms with Crippen LogP contribution in [0.1, 0.15) is 5.56 Å². The molecule has 118 valence electrons. The lowest BCUT2D eigenvalue weighted by Gasteiger charge is -2.27. The number of hydrogen-bond acceptors (Lipinski definition) is 4. The van der Waals surface area contributed by atoms with E-state index in [1.807, 2.05) is 30.3 Å². The van der Waals surface area contributed by atoms with Crippen molar-refractivity contribution < 1.29 is 4.42 Å². The molecule has 5 heteroatoms. The average Bonchev–Trinajstić information content (AvgIpc) is 3.00.